The van der Waals surface area contributed by atoms with E-state index in [0.29, 0.717) is 5.56 Å². The van der Waals surface area contributed by atoms with Gasteiger partial charge in [0, 0.05) is 0 Å². The van der Waals surface area contributed by atoms with Gasteiger partial charge in [-0.25, -0.2) is 14.0 Å². The molecule has 6 amide bonds. The van der Waals surface area contributed by atoms with E-state index in [4.69, 9.17) is 0 Å². The maximum atomic E-state index is 13.0. The zero-order valence-corrected chi connectivity index (χ0v) is 13.8. The molecule has 0 atom stereocenters. The van der Waals surface area contributed by atoms with Crippen LogP contribution in [0, 0.1) is 5.82 Å². The number of amides is 6. The van der Waals surface area contributed by atoms with E-state index in [9.17, 15) is 23.6 Å². The topological polar surface area (TPSA) is 108 Å². The zero-order chi connectivity index (χ0) is 18.5. The number of benzene rings is 1. The van der Waals surface area contributed by atoms with Gasteiger partial charge in [0.2, 0.25) is 0 Å². The van der Waals surface area contributed by atoms with Crippen LogP contribution >= 0.6 is 0 Å². The first-order chi connectivity index (χ1) is 12.3. The van der Waals surface area contributed by atoms with Crippen molar-refractivity contribution < 1.29 is 23.6 Å². The van der Waals surface area contributed by atoms with E-state index in [1.54, 1.807) is 0 Å². The Balaban J connectivity index is 1.50. The summed E-state index contributed by atoms with van der Waals surface area (Å²) in [7, 11) is 0. The normalized spacial score (nSPS) is 30.7. The molecule has 2 aliphatic heterocycles. The molecule has 9 heteroatoms. The number of hydrogen-bond acceptors (Lipinski definition) is 4. The van der Waals surface area contributed by atoms with E-state index in [1.165, 1.54) is 24.3 Å². The predicted molar refractivity (Wildman–Crippen MR) is 86.1 cm³/mol. The number of rotatable bonds is 2. The Hall–Kier alpha value is -2.97. The van der Waals surface area contributed by atoms with Crippen molar-refractivity contribution in [1.29, 1.82) is 0 Å². The van der Waals surface area contributed by atoms with E-state index in [-0.39, 0.29) is 38.1 Å². The fourth-order valence-corrected chi connectivity index (χ4v) is 3.91. The van der Waals surface area contributed by atoms with Gasteiger partial charge in [-0.05, 0) is 43.4 Å². The largest absolute Gasteiger partial charge is 0.325 e. The lowest BCUT2D eigenvalue weighted by Gasteiger charge is -2.39. The fourth-order valence-electron chi connectivity index (χ4n) is 3.91. The van der Waals surface area contributed by atoms with Crippen molar-refractivity contribution >= 4 is 23.9 Å². The van der Waals surface area contributed by atoms with Crippen LogP contribution in [0.1, 0.15) is 31.2 Å². The summed E-state index contributed by atoms with van der Waals surface area (Å²) in [4.78, 5) is 49.8. The lowest BCUT2D eigenvalue weighted by atomic mass is 9.72. The third kappa shape index (κ3) is 2.42. The van der Waals surface area contributed by atoms with Gasteiger partial charge in [-0.15, -0.1) is 0 Å². The number of imide groups is 2. The molecule has 8 nitrogen and oxygen atoms in total. The summed E-state index contributed by atoms with van der Waals surface area (Å²) in [5.41, 5.74) is -1.42. The molecule has 26 heavy (non-hydrogen) atoms. The maximum Gasteiger partial charge on any atom is 0.325 e. The highest BCUT2D eigenvalue weighted by molar-refractivity contribution is 6.09. The van der Waals surface area contributed by atoms with Gasteiger partial charge < -0.3 is 10.6 Å². The summed E-state index contributed by atoms with van der Waals surface area (Å²) in [6.07, 6.45) is 1.04. The average Bonchev–Trinajstić information content (AvgIpc) is 3.01. The smallest absolute Gasteiger partial charge is 0.323 e. The SMILES string of the molecule is O=C1NC(=O)C2(CCC3(CC2)NC(=O)N(Cc2ccc(F)cc2)C3=O)N1. The number of halogens is 1. The summed E-state index contributed by atoms with van der Waals surface area (Å²) in [5, 5.41) is 7.61. The summed E-state index contributed by atoms with van der Waals surface area (Å²) in [6, 6.07) is 4.55. The van der Waals surface area contributed by atoms with Gasteiger partial charge >= 0.3 is 12.1 Å². The monoisotopic (exact) mass is 360 g/mol. The first kappa shape index (κ1) is 16.5. The van der Waals surface area contributed by atoms with Crippen LogP contribution in [-0.2, 0) is 16.1 Å². The van der Waals surface area contributed by atoms with Crippen molar-refractivity contribution in [1.82, 2.24) is 20.9 Å². The predicted octanol–water partition coefficient (Wildman–Crippen LogP) is 0.768. The Morgan fingerprint density at radius 2 is 1.54 bits per heavy atom. The fraction of sp³-hybridized carbons (Fsp3) is 0.412. The van der Waals surface area contributed by atoms with E-state index < -0.39 is 34.9 Å². The van der Waals surface area contributed by atoms with E-state index in [2.05, 4.69) is 16.0 Å². The number of hydrogen-bond donors (Lipinski definition) is 3. The Morgan fingerprint density at radius 3 is 2.12 bits per heavy atom. The Morgan fingerprint density at radius 1 is 0.923 bits per heavy atom. The Bertz CT molecular complexity index is 815. The number of nitrogens with one attached hydrogen (secondary N) is 3. The van der Waals surface area contributed by atoms with Crippen LogP contribution in [0.15, 0.2) is 24.3 Å². The van der Waals surface area contributed by atoms with Gasteiger partial charge in [0.15, 0.2) is 0 Å². The highest BCUT2D eigenvalue weighted by Gasteiger charge is 2.58. The molecule has 136 valence electrons. The second-order valence-electron chi connectivity index (χ2n) is 7.02. The highest BCUT2D eigenvalue weighted by atomic mass is 19.1. The lowest BCUT2D eigenvalue weighted by Crippen LogP contribution is -2.58. The van der Waals surface area contributed by atoms with Crippen LogP contribution in [0.3, 0.4) is 0 Å². The highest BCUT2D eigenvalue weighted by Crippen LogP contribution is 2.40. The minimum absolute atomic E-state index is 0.0507. The minimum Gasteiger partial charge on any atom is -0.323 e. The second kappa shape index (κ2) is 5.52. The molecule has 2 spiro atoms. The van der Waals surface area contributed by atoms with Crippen LogP contribution in [0.2, 0.25) is 0 Å². The maximum absolute atomic E-state index is 13.0. The molecular weight excluding hydrogens is 343 g/mol. The molecule has 4 rings (SSSR count). The van der Waals surface area contributed by atoms with Crippen molar-refractivity contribution in [2.24, 2.45) is 0 Å². The Kier molecular flexibility index (Phi) is 3.50. The quantitative estimate of drug-likeness (QED) is 0.677. The molecule has 1 aromatic carbocycles. The van der Waals surface area contributed by atoms with Crippen molar-refractivity contribution in [2.45, 2.75) is 43.3 Å². The van der Waals surface area contributed by atoms with Crippen molar-refractivity contribution in [3.63, 3.8) is 0 Å². The third-order valence-electron chi connectivity index (χ3n) is 5.47. The van der Waals surface area contributed by atoms with Gasteiger partial charge in [0.25, 0.3) is 11.8 Å². The number of carbonyl (C=O) groups excluding carboxylic acids is 4. The summed E-state index contributed by atoms with van der Waals surface area (Å²) in [5.74, 6) is -1.14. The third-order valence-corrected chi connectivity index (χ3v) is 5.47. The molecule has 2 saturated heterocycles. The molecule has 1 aliphatic carbocycles. The molecule has 0 aromatic heterocycles. The van der Waals surface area contributed by atoms with Crippen molar-refractivity contribution in [3.8, 4) is 0 Å². The number of urea groups is 2. The van der Waals surface area contributed by atoms with Crippen LogP contribution in [0.4, 0.5) is 14.0 Å². The first-order valence-corrected chi connectivity index (χ1v) is 8.36. The molecule has 3 fully saturated rings. The van der Waals surface area contributed by atoms with Crippen LogP contribution in [0.5, 0.6) is 0 Å². The molecule has 3 aliphatic rings. The molecule has 1 saturated carbocycles. The minimum atomic E-state index is -1.06. The number of nitrogens with zero attached hydrogens (tertiary/aromatic N) is 1. The van der Waals surface area contributed by atoms with Crippen LogP contribution < -0.4 is 16.0 Å². The van der Waals surface area contributed by atoms with E-state index in [0.717, 1.165) is 4.90 Å². The van der Waals surface area contributed by atoms with Gasteiger partial charge in [0.1, 0.15) is 16.9 Å². The lowest BCUT2D eigenvalue weighted by molar-refractivity contribution is -0.135. The molecule has 3 N–H and O–H groups in total. The molecule has 2 heterocycles. The zero-order valence-electron chi connectivity index (χ0n) is 13.8. The summed E-state index contributed by atoms with van der Waals surface area (Å²) in [6.45, 7) is 0.0507. The van der Waals surface area contributed by atoms with Crippen LogP contribution in [0.25, 0.3) is 0 Å². The molecule has 0 bridgehead atoms. The van der Waals surface area contributed by atoms with Crippen LogP contribution in [-0.4, -0.2) is 39.9 Å². The van der Waals surface area contributed by atoms with Gasteiger partial charge in [0.05, 0.1) is 6.54 Å². The van der Waals surface area contributed by atoms with E-state index >= 15 is 0 Å². The second-order valence-corrected chi connectivity index (χ2v) is 7.02. The standard InChI is InChI=1S/C17H17FN4O4/c18-11-3-1-10(2-4-11)9-22-13(24)17(21-15(22)26)7-5-16(6-8-17)12(23)19-14(25)20-16/h1-4H,5-9H2,(H,21,26)(H2,19,20,23,25). The first-order valence-electron chi connectivity index (χ1n) is 8.36. The molecule has 0 radical (unpaired) electrons. The summed E-state index contributed by atoms with van der Waals surface area (Å²) < 4.78 is 13.0. The van der Waals surface area contributed by atoms with E-state index in [1.807, 2.05) is 0 Å². The summed E-state index contributed by atoms with van der Waals surface area (Å²) >= 11 is 0. The molecular formula is C17H17FN4O4. The molecule has 1 aromatic rings. The average molecular weight is 360 g/mol. The van der Waals surface area contributed by atoms with Gasteiger partial charge in [-0.2, -0.15) is 0 Å². The Labute approximate surface area is 148 Å². The molecule has 0 unspecified atom stereocenters. The van der Waals surface area contributed by atoms with Crippen molar-refractivity contribution in [3.05, 3.63) is 35.6 Å². The van der Waals surface area contributed by atoms with Crippen molar-refractivity contribution in [2.75, 3.05) is 0 Å². The van der Waals surface area contributed by atoms with Gasteiger partial charge in [-0.1, -0.05) is 12.1 Å². The number of carbonyl (C=O) groups is 4. The van der Waals surface area contributed by atoms with Gasteiger partial charge in [-0.3, -0.25) is 19.8 Å².